The molecule has 0 bridgehead atoms. The van der Waals surface area contributed by atoms with E-state index in [1.807, 2.05) is 0 Å². The number of rotatable bonds is 10. The molecule has 12 nitrogen and oxygen atoms in total. The molecule has 16 atom stereocenters. The number of ether oxygens (including phenoxy) is 5. The summed E-state index contributed by atoms with van der Waals surface area (Å²) in [4.78, 5) is 11.5. The van der Waals surface area contributed by atoms with Crippen molar-refractivity contribution < 1.29 is 59.1 Å². The average molecular weight is 657 g/mol. The molecule has 0 radical (unpaired) electrons. The van der Waals surface area contributed by atoms with E-state index in [9.17, 15) is 35.4 Å². The molecule has 12 heteroatoms. The van der Waals surface area contributed by atoms with Gasteiger partial charge < -0.3 is 54.3 Å². The van der Waals surface area contributed by atoms with E-state index in [1.54, 1.807) is 19.9 Å². The van der Waals surface area contributed by atoms with Crippen LogP contribution in [0.25, 0.3) is 0 Å². The second-order valence-corrected chi connectivity index (χ2v) is 14.7. The standard InChI is InChI=1S/C34H56O12/c1-9-32(6,41)13-14-33(7)18(3)15-23(34(8)17(2)11-10-12-22(33)34)45-30-26(39)24(37)28(19(4)42-30)46-31-27(40)25(38)29(43-20(5)36)21(16-35)44-31/h9,11,18-19,21-31,35,37-41H,1,10,12-16H2,2-8H3. The Morgan fingerprint density at radius 2 is 1.67 bits per heavy atom. The Morgan fingerprint density at radius 1 is 1.07 bits per heavy atom. The maximum atomic E-state index is 11.5. The smallest absolute Gasteiger partial charge is 0.303 e. The third-order valence-electron chi connectivity index (χ3n) is 11.7. The molecule has 2 saturated heterocycles. The molecule has 0 aromatic rings. The van der Waals surface area contributed by atoms with Crippen LogP contribution in [-0.4, -0.2) is 116 Å². The number of hydrogen-bond acceptors (Lipinski definition) is 12. The van der Waals surface area contributed by atoms with Crippen molar-refractivity contribution in [1.82, 2.24) is 0 Å². The summed E-state index contributed by atoms with van der Waals surface area (Å²) in [5.74, 6) is -0.286. The molecule has 2 aliphatic heterocycles. The van der Waals surface area contributed by atoms with Crippen LogP contribution in [0.4, 0.5) is 0 Å². The van der Waals surface area contributed by atoms with Gasteiger partial charge >= 0.3 is 5.97 Å². The highest BCUT2D eigenvalue weighted by molar-refractivity contribution is 5.66. The Morgan fingerprint density at radius 3 is 2.26 bits per heavy atom. The molecular formula is C34H56O12. The minimum absolute atomic E-state index is 0.0960. The first-order chi connectivity index (χ1) is 21.4. The van der Waals surface area contributed by atoms with Crippen molar-refractivity contribution in [3.8, 4) is 0 Å². The van der Waals surface area contributed by atoms with E-state index in [-0.39, 0.29) is 23.4 Å². The van der Waals surface area contributed by atoms with Gasteiger partial charge in [-0.2, -0.15) is 0 Å². The van der Waals surface area contributed by atoms with Gasteiger partial charge in [-0.3, -0.25) is 4.79 Å². The lowest BCUT2D eigenvalue weighted by Crippen LogP contribution is -2.65. The minimum Gasteiger partial charge on any atom is -0.457 e. The van der Waals surface area contributed by atoms with Crippen LogP contribution in [0.15, 0.2) is 24.3 Å². The summed E-state index contributed by atoms with van der Waals surface area (Å²) in [5.41, 5.74) is -0.245. The van der Waals surface area contributed by atoms with Crippen molar-refractivity contribution in [1.29, 1.82) is 0 Å². The van der Waals surface area contributed by atoms with Crippen molar-refractivity contribution in [3.05, 3.63) is 24.3 Å². The van der Waals surface area contributed by atoms with Crippen molar-refractivity contribution in [2.75, 3.05) is 6.61 Å². The highest BCUT2D eigenvalue weighted by atomic mass is 16.7. The summed E-state index contributed by atoms with van der Waals surface area (Å²) < 4.78 is 29.2. The molecule has 0 amide bonds. The van der Waals surface area contributed by atoms with Gasteiger partial charge in [0.15, 0.2) is 18.7 Å². The molecule has 0 spiro atoms. The van der Waals surface area contributed by atoms with E-state index < -0.39 is 85.0 Å². The molecule has 2 heterocycles. The predicted octanol–water partition coefficient (Wildman–Crippen LogP) is 1.72. The quantitative estimate of drug-likeness (QED) is 0.148. The van der Waals surface area contributed by atoms with Crippen LogP contribution < -0.4 is 0 Å². The van der Waals surface area contributed by atoms with Crippen LogP contribution in [0.3, 0.4) is 0 Å². The van der Waals surface area contributed by atoms with Gasteiger partial charge in [0.2, 0.25) is 0 Å². The normalized spacial score (nSPS) is 47.7. The van der Waals surface area contributed by atoms with Gasteiger partial charge in [0.05, 0.1) is 24.4 Å². The number of carbonyl (C=O) groups excluding carboxylic acids is 1. The van der Waals surface area contributed by atoms with Gasteiger partial charge in [-0.25, -0.2) is 0 Å². The fraction of sp³-hybridized carbons (Fsp3) is 0.853. The molecule has 1 saturated carbocycles. The zero-order chi connectivity index (χ0) is 34.4. The number of fused-ring (bicyclic) bond motifs is 1. The topological polar surface area (TPSA) is 185 Å². The number of hydrogen-bond donors (Lipinski definition) is 6. The SMILES string of the molecule is C=CC(C)(O)CCC1(C)C(C)CC(OC2OC(C)C(OC3OC(CO)C(OC(C)=O)C(O)C3O)C(O)C2O)C2(C)C(C)=CCCC12. The van der Waals surface area contributed by atoms with E-state index in [4.69, 9.17) is 23.7 Å². The third-order valence-corrected chi connectivity index (χ3v) is 11.7. The molecule has 4 aliphatic rings. The van der Waals surface area contributed by atoms with Gasteiger partial charge in [0.1, 0.15) is 36.6 Å². The Kier molecular flexibility index (Phi) is 11.5. The lowest BCUT2D eigenvalue weighted by atomic mass is 9.45. The van der Waals surface area contributed by atoms with Gasteiger partial charge in [0, 0.05) is 12.3 Å². The van der Waals surface area contributed by atoms with Crippen LogP contribution in [0.1, 0.15) is 80.6 Å². The average Bonchev–Trinajstić information content (AvgIpc) is 3.00. The Bertz CT molecular complexity index is 1110. The Balaban J connectivity index is 1.49. The summed E-state index contributed by atoms with van der Waals surface area (Å²) in [5, 5.41) is 64.3. The van der Waals surface area contributed by atoms with Crippen molar-refractivity contribution in [2.45, 2.75) is 154 Å². The maximum Gasteiger partial charge on any atom is 0.303 e. The van der Waals surface area contributed by atoms with Crippen molar-refractivity contribution in [3.63, 3.8) is 0 Å². The molecule has 4 rings (SSSR count). The highest BCUT2D eigenvalue weighted by Gasteiger charge is 2.60. The summed E-state index contributed by atoms with van der Waals surface area (Å²) in [7, 11) is 0. The van der Waals surface area contributed by atoms with Gasteiger partial charge in [-0.1, -0.05) is 38.5 Å². The fourth-order valence-electron chi connectivity index (χ4n) is 8.30. The van der Waals surface area contributed by atoms with Crippen molar-refractivity contribution in [2.24, 2.45) is 22.7 Å². The molecular weight excluding hydrogens is 600 g/mol. The Labute approximate surface area is 272 Å². The van der Waals surface area contributed by atoms with E-state index in [0.29, 0.717) is 12.8 Å². The second kappa shape index (κ2) is 14.2. The highest BCUT2D eigenvalue weighted by Crippen LogP contribution is 2.63. The number of esters is 1. The largest absolute Gasteiger partial charge is 0.457 e. The summed E-state index contributed by atoms with van der Waals surface area (Å²) >= 11 is 0. The molecule has 46 heavy (non-hydrogen) atoms. The van der Waals surface area contributed by atoms with Gasteiger partial charge in [-0.15, -0.1) is 6.58 Å². The van der Waals surface area contributed by atoms with Crippen LogP contribution >= 0.6 is 0 Å². The van der Waals surface area contributed by atoms with Crippen LogP contribution in [0, 0.1) is 22.7 Å². The number of carbonyl (C=O) groups is 1. The summed E-state index contributed by atoms with van der Waals surface area (Å²) in [6.45, 7) is 16.6. The molecule has 0 aromatic heterocycles. The second-order valence-electron chi connectivity index (χ2n) is 14.7. The predicted molar refractivity (Wildman–Crippen MR) is 166 cm³/mol. The Hall–Kier alpha value is -1.45. The molecule has 6 N–H and O–H groups in total. The maximum absolute atomic E-state index is 11.5. The van der Waals surface area contributed by atoms with E-state index in [1.165, 1.54) is 5.57 Å². The molecule has 3 fully saturated rings. The molecule has 2 aliphatic carbocycles. The lowest BCUT2D eigenvalue weighted by molar-refractivity contribution is -0.364. The van der Waals surface area contributed by atoms with Crippen LogP contribution in [0.5, 0.6) is 0 Å². The van der Waals surface area contributed by atoms with E-state index in [0.717, 1.165) is 26.2 Å². The minimum atomic E-state index is -1.69. The summed E-state index contributed by atoms with van der Waals surface area (Å²) in [6, 6.07) is 0. The number of allylic oxidation sites excluding steroid dienone is 1. The zero-order valence-corrected chi connectivity index (χ0v) is 28.2. The fourth-order valence-corrected chi connectivity index (χ4v) is 8.30. The first-order valence-electron chi connectivity index (χ1n) is 16.6. The molecule has 16 unspecified atom stereocenters. The molecule has 0 aromatic carbocycles. The first kappa shape index (κ1) is 37.4. The lowest BCUT2D eigenvalue weighted by Gasteiger charge is -2.61. The van der Waals surface area contributed by atoms with E-state index >= 15 is 0 Å². The van der Waals surface area contributed by atoms with Gasteiger partial charge in [0.25, 0.3) is 0 Å². The third kappa shape index (κ3) is 6.99. The number of aliphatic hydroxyl groups excluding tert-OH is 5. The van der Waals surface area contributed by atoms with Crippen LogP contribution in [-0.2, 0) is 28.5 Å². The van der Waals surface area contributed by atoms with E-state index in [2.05, 4.69) is 40.3 Å². The monoisotopic (exact) mass is 656 g/mol. The number of aliphatic hydroxyl groups is 6. The van der Waals surface area contributed by atoms with Crippen LogP contribution in [0.2, 0.25) is 0 Å². The van der Waals surface area contributed by atoms with Gasteiger partial charge in [-0.05, 0) is 70.1 Å². The van der Waals surface area contributed by atoms with Crippen molar-refractivity contribution >= 4 is 5.97 Å². The zero-order valence-electron chi connectivity index (χ0n) is 28.2. The first-order valence-corrected chi connectivity index (χ1v) is 16.6. The summed E-state index contributed by atoms with van der Waals surface area (Å²) in [6.07, 6.45) is -6.15. The molecule has 264 valence electrons.